The first-order valence-corrected chi connectivity index (χ1v) is 9.02. The van der Waals surface area contributed by atoms with Gasteiger partial charge in [0.25, 0.3) is 0 Å². The molecule has 0 aliphatic heterocycles. The van der Waals surface area contributed by atoms with Crippen LogP contribution < -0.4 is 10.6 Å². The van der Waals surface area contributed by atoms with Crippen LogP contribution in [0, 0.1) is 0 Å². The van der Waals surface area contributed by atoms with Crippen LogP contribution in [0.3, 0.4) is 0 Å². The number of rotatable bonds is 3. The van der Waals surface area contributed by atoms with E-state index in [9.17, 15) is 9.90 Å². The predicted octanol–water partition coefficient (Wildman–Crippen LogP) is 3.82. The maximum absolute atomic E-state index is 12.4. The number of aromatic nitrogens is 1. The van der Waals surface area contributed by atoms with Crippen LogP contribution in [0.2, 0.25) is 0 Å². The van der Waals surface area contributed by atoms with Crippen molar-refractivity contribution in [2.75, 3.05) is 4.90 Å². The zero-order valence-corrected chi connectivity index (χ0v) is 14.9. The zero-order valence-electron chi connectivity index (χ0n) is 14.9. The van der Waals surface area contributed by atoms with Crippen molar-refractivity contribution in [3.63, 3.8) is 0 Å². The van der Waals surface area contributed by atoms with E-state index in [4.69, 9.17) is 5.73 Å². The molecule has 4 rings (SSSR count). The monoisotopic (exact) mass is 359 g/mol. The number of pyridine rings is 1. The minimum atomic E-state index is -0.574. The number of carbonyl (C=O) groups is 1. The molecule has 0 saturated carbocycles. The molecule has 2 aromatic carbocycles. The third kappa shape index (κ3) is 3.41. The van der Waals surface area contributed by atoms with Gasteiger partial charge in [-0.25, -0.2) is 4.79 Å². The Morgan fingerprint density at radius 3 is 2.63 bits per heavy atom. The highest BCUT2D eigenvalue weighted by Crippen LogP contribution is 2.35. The summed E-state index contributed by atoms with van der Waals surface area (Å²) in [6.07, 6.45) is 4.99. The normalized spacial score (nSPS) is 15.8. The van der Waals surface area contributed by atoms with Crippen LogP contribution in [0.5, 0.6) is 0 Å². The minimum Gasteiger partial charge on any atom is -0.393 e. The zero-order chi connectivity index (χ0) is 18.8. The van der Waals surface area contributed by atoms with Gasteiger partial charge in [0, 0.05) is 12.6 Å². The number of nitrogens with two attached hydrogens (primary N) is 1. The number of carbonyl (C=O) groups excluding carboxylic acids is 1. The van der Waals surface area contributed by atoms with Crippen molar-refractivity contribution >= 4 is 17.4 Å². The van der Waals surface area contributed by atoms with Gasteiger partial charge in [-0.05, 0) is 47.2 Å². The molecule has 1 unspecified atom stereocenters. The molecule has 1 heterocycles. The van der Waals surface area contributed by atoms with Gasteiger partial charge in [0.2, 0.25) is 0 Å². The van der Waals surface area contributed by atoms with Gasteiger partial charge in [-0.15, -0.1) is 0 Å². The molecule has 0 bridgehead atoms. The molecule has 3 aromatic rings. The number of aryl methyl sites for hydroxylation is 1. The van der Waals surface area contributed by atoms with E-state index in [2.05, 4.69) is 4.98 Å². The number of hydrogen-bond acceptors (Lipinski definition) is 3. The van der Waals surface area contributed by atoms with E-state index in [0.717, 1.165) is 28.7 Å². The SMILES string of the molecule is NC(=O)N(c1cccc(-c2ccccc2)c1)c1cncc2c1CC(O)CC2. The number of benzene rings is 2. The number of aliphatic hydroxyl groups excluding tert-OH is 1. The van der Waals surface area contributed by atoms with Crippen molar-refractivity contribution in [1.82, 2.24) is 4.98 Å². The molecule has 5 nitrogen and oxygen atoms in total. The van der Waals surface area contributed by atoms with Crippen molar-refractivity contribution < 1.29 is 9.90 Å². The molecule has 5 heteroatoms. The topological polar surface area (TPSA) is 79.5 Å². The van der Waals surface area contributed by atoms with E-state index in [-0.39, 0.29) is 0 Å². The van der Waals surface area contributed by atoms with Gasteiger partial charge in [-0.2, -0.15) is 0 Å². The molecule has 27 heavy (non-hydrogen) atoms. The fourth-order valence-corrected chi connectivity index (χ4v) is 3.66. The Morgan fingerprint density at radius 2 is 1.85 bits per heavy atom. The first kappa shape index (κ1) is 17.2. The highest BCUT2D eigenvalue weighted by molar-refractivity contribution is 5.99. The Morgan fingerprint density at radius 1 is 1.07 bits per heavy atom. The second-order valence-corrected chi connectivity index (χ2v) is 6.78. The molecule has 1 atom stereocenters. The summed E-state index contributed by atoms with van der Waals surface area (Å²) in [5.41, 5.74) is 11.1. The van der Waals surface area contributed by atoms with Crippen molar-refractivity contribution in [2.24, 2.45) is 5.73 Å². The summed E-state index contributed by atoms with van der Waals surface area (Å²) in [5.74, 6) is 0. The molecule has 136 valence electrons. The van der Waals surface area contributed by atoms with E-state index < -0.39 is 12.1 Å². The number of amides is 2. The molecular weight excluding hydrogens is 338 g/mol. The van der Waals surface area contributed by atoms with Crippen molar-refractivity contribution in [1.29, 1.82) is 0 Å². The fourth-order valence-electron chi connectivity index (χ4n) is 3.66. The van der Waals surface area contributed by atoms with Crippen LogP contribution in [0.15, 0.2) is 67.0 Å². The number of anilines is 2. The Labute approximate surface area is 158 Å². The first-order chi connectivity index (χ1) is 13.1. The van der Waals surface area contributed by atoms with Gasteiger partial charge >= 0.3 is 6.03 Å². The van der Waals surface area contributed by atoms with E-state index in [1.807, 2.05) is 60.8 Å². The molecule has 2 amide bonds. The van der Waals surface area contributed by atoms with Crippen LogP contribution in [0.1, 0.15) is 17.5 Å². The summed E-state index contributed by atoms with van der Waals surface area (Å²) in [4.78, 5) is 18.2. The molecule has 0 radical (unpaired) electrons. The molecule has 1 aliphatic carbocycles. The molecule has 0 saturated heterocycles. The van der Waals surface area contributed by atoms with Crippen molar-refractivity contribution in [3.8, 4) is 11.1 Å². The highest BCUT2D eigenvalue weighted by atomic mass is 16.3. The van der Waals surface area contributed by atoms with E-state index in [1.54, 1.807) is 6.20 Å². The lowest BCUT2D eigenvalue weighted by atomic mass is 9.90. The molecule has 0 fully saturated rings. The summed E-state index contributed by atoms with van der Waals surface area (Å²) in [6, 6.07) is 17.1. The van der Waals surface area contributed by atoms with Crippen molar-refractivity contribution in [2.45, 2.75) is 25.4 Å². The highest BCUT2D eigenvalue weighted by Gasteiger charge is 2.25. The summed E-state index contributed by atoms with van der Waals surface area (Å²) in [5, 5.41) is 10.1. The maximum Gasteiger partial charge on any atom is 0.323 e. The third-order valence-electron chi connectivity index (χ3n) is 4.98. The summed E-state index contributed by atoms with van der Waals surface area (Å²) in [6.45, 7) is 0. The van der Waals surface area contributed by atoms with Gasteiger partial charge in [0.15, 0.2) is 0 Å². The smallest absolute Gasteiger partial charge is 0.323 e. The average molecular weight is 359 g/mol. The van der Waals surface area contributed by atoms with Gasteiger partial charge in [-0.1, -0.05) is 42.5 Å². The Bertz CT molecular complexity index is 972. The van der Waals surface area contributed by atoms with E-state index in [0.29, 0.717) is 24.2 Å². The van der Waals surface area contributed by atoms with Gasteiger partial charge in [0.1, 0.15) is 0 Å². The second kappa shape index (κ2) is 7.21. The summed E-state index contributed by atoms with van der Waals surface area (Å²) < 4.78 is 0. The summed E-state index contributed by atoms with van der Waals surface area (Å²) >= 11 is 0. The number of hydrogen-bond donors (Lipinski definition) is 2. The van der Waals surface area contributed by atoms with Crippen LogP contribution in [-0.4, -0.2) is 22.2 Å². The van der Waals surface area contributed by atoms with Crippen LogP contribution >= 0.6 is 0 Å². The number of fused-ring (bicyclic) bond motifs is 1. The van der Waals surface area contributed by atoms with E-state index in [1.165, 1.54) is 4.90 Å². The molecule has 1 aromatic heterocycles. The number of aliphatic hydroxyl groups is 1. The molecule has 3 N–H and O–H groups in total. The van der Waals surface area contributed by atoms with Crippen LogP contribution in [0.4, 0.5) is 16.2 Å². The lowest BCUT2D eigenvalue weighted by molar-refractivity contribution is 0.158. The second-order valence-electron chi connectivity index (χ2n) is 6.78. The third-order valence-corrected chi connectivity index (χ3v) is 4.98. The molecular formula is C22H21N3O2. The number of urea groups is 1. The number of nitrogens with zero attached hydrogens (tertiary/aromatic N) is 2. The van der Waals surface area contributed by atoms with Crippen molar-refractivity contribution in [3.05, 3.63) is 78.1 Å². The summed E-state index contributed by atoms with van der Waals surface area (Å²) in [7, 11) is 0. The fraction of sp³-hybridized carbons (Fsp3) is 0.182. The van der Waals surface area contributed by atoms with E-state index >= 15 is 0 Å². The Kier molecular flexibility index (Phi) is 4.60. The number of primary amides is 1. The predicted molar refractivity (Wildman–Crippen MR) is 106 cm³/mol. The molecule has 1 aliphatic rings. The minimum absolute atomic E-state index is 0.413. The van der Waals surface area contributed by atoms with Crippen LogP contribution in [-0.2, 0) is 12.8 Å². The van der Waals surface area contributed by atoms with Gasteiger partial charge in [-0.3, -0.25) is 9.88 Å². The Hall–Kier alpha value is -3.18. The van der Waals surface area contributed by atoms with Gasteiger partial charge in [0.05, 0.1) is 23.7 Å². The molecule has 0 spiro atoms. The Balaban J connectivity index is 1.81. The standard InChI is InChI=1S/C22H21N3O2/c23-22(27)25(21-14-24-13-17-9-10-19(26)12-20(17)21)18-8-4-7-16(11-18)15-5-2-1-3-6-15/h1-8,11,13-14,19,26H,9-10,12H2,(H2,23,27). The lowest BCUT2D eigenvalue weighted by Crippen LogP contribution is -2.33. The quantitative estimate of drug-likeness (QED) is 0.746. The first-order valence-electron chi connectivity index (χ1n) is 9.02. The van der Waals surface area contributed by atoms with Crippen LogP contribution in [0.25, 0.3) is 11.1 Å². The lowest BCUT2D eigenvalue weighted by Gasteiger charge is -2.28. The average Bonchev–Trinajstić information content (AvgIpc) is 2.69. The largest absolute Gasteiger partial charge is 0.393 e. The maximum atomic E-state index is 12.4. The van der Waals surface area contributed by atoms with Gasteiger partial charge < -0.3 is 10.8 Å².